The van der Waals surface area contributed by atoms with Crippen LogP contribution in [0.4, 0.5) is 13.6 Å². The predicted octanol–water partition coefficient (Wildman–Crippen LogP) is 3.87. The van der Waals surface area contributed by atoms with Gasteiger partial charge in [0.1, 0.15) is 5.60 Å². The molecule has 126 valence electrons. The van der Waals surface area contributed by atoms with Gasteiger partial charge in [0.25, 0.3) is 5.92 Å². The molecule has 0 aliphatic heterocycles. The van der Waals surface area contributed by atoms with Gasteiger partial charge in [-0.3, -0.25) is 0 Å². The molecule has 0 aliphatic carbocycles. The van der Waals surface area contributed by atoms with Gasteiger partial charge in [0, 0.05) is 10.9 Å². The van der Waals surface area contributed by atoms with E-state index >= 15 is 0 Å². The fraction of sp³-hybridized carbons (Fsp3) is 0.667. The molecule has 1 aromatic rings. The maximum atomic E-state index is 13.8. The van der Waals surface area contributed by atoms with Gasteiger partial charge >= 0.3 is 6.09 Å². The lowest BCUT2D eigenvalue weighted by Crippen LogP contribution is -2.45. The van der Waals surface area contributed by atoms with Crippen molar-refractivity contribution in [2.24, 2.45) is 0 Å². The summed E-state index contributed by atoms with van der Waals surface area (Å²) in [5.74, 6) is -3.05. The van der Waals surface area contributed by atoms with Crippen LogP contribution >= 0.6 is 11.3 Å². The van der Waals surface area contributed by atoms with Crippen LogP contribution in [0.1, 0.15) is 44.2 Å². The molecule has 4 nitrogen and oxygen atoms in total. The Bertz CT molecular complexity index is 498. The molecule has 22 heavy (non-hydrogen) atoms. The second kappa shape index (κ2) is 7.37. The fourth-order valence-electron chi connectivity index (χ4n) is 1.80. The first kappa shape index (κ1) is 18.8. The van der Waals surface area contributed by atoms with E-state index in [1.807, 2.05) is 25.3 Å². The molecule has 0 radical (unpaired) electrons. The predicted molar refractivity (Wildman–Crippen MR) is 84.7 cm³/mol. The Hall–Kier alpha value is -1.21. The highest BCUT2D eigenvalue weighted by Crippen LogP contribution is 2.24. The quantitative estimate of drug-likeness (QED) is 0.830. The first-order chi connectivity index (χ1) is 10.0. The molecule has 7 heteroatoms. The summed E-state index contributed by atoms with van der Waals surface area (Å²) in [5, 5.41) is 6.84. The standard InChI is InChI=1S/C15H24F2N2O2S/c1-10-6-7-22-12(10)11(2)18-8-15(16,17)9-19-13(20)21-14(3,4)5/h6-7,11,18H,8-9H2,1-5H3,(H,19,20). The Kier molecular flexibility index (Phi) is 6.31. The Morgan fingerprint density at radius 3 is 2.50 bits per heavy atom. The Labute approximate surface area is 134 Å². The van der Waals surface area contributed by atoms with Crippen LogP contribution in [0.5, 0.6) is 0 Å². The number of nitrogens with one attached hydrogen (secondary N) is 2. The van der Waals surface area contributed by atoms with Crippen molar-refractivity contribution in [3.05, 3.63) is 21.9 Å². The largest absolute Gasteiger partial charge is 0.444 e. The number of carbonyl (C=O) groups is 1. The van der Waals surface area contributed by atoms with Crippen LogP contribution in [-0.4, -0.2) is 30.7 Å². The zero-order chi connectivity index (χ0) is 17.0. The fourth-order valence-corrected chi connectivity index (χ4v) is 2.76. The Balaban J connectivity index is 2.41. The maximum absolute atomic E-state index is 13.8. The SMILES string of the molecule is Cc1ccsc1C(C)NCC(F)(F)CNC(=O)OC(C)(C)C. The van der Waals surface area contributed by atoms with E-state index in [2.05, 4.69) is 10.6 Å². The van der Waals surface area contributed by atoms with Crippen molar-refractivity contribution in [1.29, 1.82) is 0 Å². The molecular formula is C15H24F2N2O2S. The number of carbonyl (C=O) groups excluding carboxylic acids is 1. The third-order valence-electron chi connectivity index (χ3n) is 2.85. The molecule has 2 N–H and O–H groups in total. The highest BCUT2D eigenvalue weighted by molar-refractivity contribution is 7.10. The number of ether oxygens (including phenoxy) is 1. The van der Waals surface area contributed by atoms with Gasteiger partial charge in [-0.1, -0.05) is 0 Å². The van der Waals surface area contributed by atoms with Crippen molar-refractivity contribution in [3.63, 3.8) is 0 Å². The minimum atomic E-state index is -3.05. The molecule has 1 heterocycles. The number of alkyl carbamates (subject to hydrolysis) is 1. The molecule has 1 unspecified atom stereocenters. The lowest BCUT2D eigenvalue weighted by atomic mass is 10.2. The second-order valence-electron chi connectivity index (χ2n) is 6.28. The van der Waals surface area contributed by atoms with Crippen LogP contribution in [0.2, 0.25) is 0 Å². The summed E-state index contributed by atoms with van der Waals surface area (Å²) in [6.45, 7) is 7.56. The van der Waals surface area contributed by atoms with Crippen molar-refractivity contribution in [1.82, 2.24) is 10.6 Å². The van der Waals surface area contributed by atoms with Gasteiger partial charge < -0.3 is 15.4 Å². The van der Waals surface area contributed by atoms with Crippen LogP contribution in [-0.2, 0) is 4.74 Å². The third-order valence-corrected chi connectivity index (χ3v) is 4.05. The molecule has 0 aromatic carbocycles. The van der Waals surface area contributed by atoms with Crippen LogP contribution in [0.15, 0.2) is 11.4 Å². The van der Waals surface area contributed by atoms with Crippen LogP contribution < -0.4 is 10.6 Å². The highest BCUT2D eigenvalue weighted by atomic mass is 32.1. The maximum Gasteiger partial charge on any atom is 0.407 e. The number of aryl methyl sites for hydroxylation is 1. The number of amides is 1. The van der Waals surface area contributed by atoms with Gasteiger partial charge in [0.2, 0.25) is 0 Å². The van der Waals surface area contributed by atoms with Crippen LogP contribution in [0.25, 0.3) is 0 Å². The van der Waals surface area contributed by atoms with E-state index in [1.54, 1.807) is 20.8 Å². The lowest BCUT2D eigenvalue weighted by molar-refractivity contribution is -0.00519. The molecule has 0 saturated heterocycles. The highest BCUT2D eigenvalue weighted by Gasteiger charge is 2.31. The lowest BCUT2D eigenvalue weighted by Gasteiger charge is -2.23. The zero-order valence-electron chi connectivity index (χ0n) is 13.6. The van der Waals surface area contributed by atoms with E-state index in [0.29, 0.717) is 0 Å². The first-order valence-electron chi connectivity index (χ1n) is 7.12. The van der Waals surface area contributed by atoms with Gasteiger partial charge in [-0.05, 0) is 51.6 Å². The van der Waals surface area contributed by atoms with Gasteiger partial charge in [-0.25, -0.2) is 13.6 Å². The van der Waals surface area contributed by atoms with E-state index in [9.17, 15) is 13.6 Å². The van der Waals surface area contributed by atoms with Gasteiger partial charge in [-0.2, -0.15) is 0 Å². The Morgan fingerprint density at radius 1 is 1.36 bits per heavy atom. The molecule has 0 saturated carbocycles. The summed E-state index contributed by atoms with van der Waals surface area (Å²) in [6, 6.07) is 1.80. The summed E-state index contributed by atoms with van der Waals surface area (Å²) in [7, 11) is 0. The van der Waals surface area contributed by atoms with E-state index in [4.69, 9.17) is 4.74 Å². The van der Waals surface area contributed by atoms with Crippen molar-refractivity contribution in [2.75, 3.05) is 13.1 Å². The average molecular weight is 334 g/mol. The molecule has 1 atom stereocenters. The molecule has 1 amide bonds. The zero-order valence-corrected chi connectivity index (χ0v) is 14.4. The van der Waals surface area contributed by atoms with Gasteiger partial charge in [0.05, 0.1) is 13.1 Å². The first-order valence-corrected chi connectivity index (χ1v) is 8.00. The summed E-state index contributed by atoms with van der Waals surface area (Å²) in [6.07, 6.45) is -0.839. The van der Waals surface area contributed by atoms with E-state index in [1.165, 1.54) is 11.3 Å². The van der Waals surface area contributed by atoms with Crippen molar-refractivity contribution in [2.45, 2.75) is 52.2 Å². The Morgan fingerprint density at radius 2 is 2.00 bits per heavy atom. The van der Waals surface area contributed by atoms with E-state index in [0.717, 1.165) is 10.4 Å². The van der Waals surface area contributed by atoms with Crippen molar-refractivity contribution < 1.29 is 18.3 Å². The average Bonchev–Trinajstić information content (AvgIpc) is 2.78. The molecule has 0 bridgehead atoms. The molecule has 0 aliphatic rings. The summed E-state index contributed by atoms with van der Waals surface area (Å²) >= 11 is 1.54. The molecule has 1 aromatic heterocycles. The van der Waals surface area contributed by atoms with Gasteiger partial charge in [0.15, 0.2) is 0 Å². The smallest absolute Gasteiger partial charge is 0.407 e. The van der Waals surface area contributed by atoms with E-state index in [-0.39, 0.29) is 6.04 Å². The monoisotopic (exact) mass is 334 g/mol. The minimum absolute atomic E-state index is 0.160. The number of alkyl halides is 2. The number of hydrogen-bond donors (Lipinski definition) is 2. The number of halogens is 2. The summed E-state index contributed by atoms with van der Waals surface area (Å²) < 4.78 is 32.5. The number of thiophene rings is 1. The molecule has 0 spiro atoms. The third kappa shape index (κ3) is 6.70. The topological polar surface area (TPSA) is 50.4 Å². The molecule has 0 fully saturated rings. The summed E-state index contributed by atoms with van der Waals surface area (Å²) in [5.41, 5.74) is 0.378. The molecule has 1 rings (SSSR count). The summed E-state index contributed by atoms with van der Waals surface area (Å²) in [4.78, 5) is 12.4. The van der Waals surface area contributed by atoms with Crippen molar-refractivity contribution >= 4 is 17.4 Å². The molecular weight excluding hydrogens is 310 g/mol. The van der Waals surface area contributed by atoms with E-state index < -0.39 is 30.7 Å². The normalized spacial score (nSPS) is 13.8. The minimum Gasteiger partial charge on any atom is -0.444 e. The van der Waals surface area contributed by atoms with Crippen LogP contribution in [0.3, 0.4) is 0 Å². The van der Waals surface area contributed by atoms with Gasteiger partial charge in [-0.15, -0.1) is 11.3 Å². The van der Waals surface area contributed by atoms with Crippen LogP contribution in [0, 0.1) is 6.92 Å². The number of hydrogen-bond acceptors (Lipinski definition) is 4. The number of rotatable bonds is 6. The van der Waals surface area contributed by atoms with Crippen molar-refractivity contribution in [3.8, 4) is 0 Å². The second-order valence-corrected chi connectivity index (χ2v) is 7.23.